The SMILES string of the molecule is CC(C)CCCC(=O)CCCCCCC(=O)CCN(O)C(=O)[C@@H](N)CO.CC(C)CCCC(=O)CCCCCCC(=O)CCN(O)C(=O)[C@@H](N)CO.O=S(=O)(O)O. The zero-order valence-corrected chi connectivity index (χ0v) is 35.5. The van der Waals surface area contributed by atoms with Gasteiger partial charge in [0.1, 0.15) is 35.2 Å². The van der Waals surface area contributed by atoms with Crippen LogP contribution in [0.1, 0.15) is 156 Å². The predicted molar refractivity (Wildman–Crippen MR) is 213 cm³/mol. The number of carbonyl (C=O) groups excluding carboxylic acids is 6. The second kappa shape index (κ2) is 36.3. The van der Waals surface area contributed by atoms with Crippen molar-refractivity contribution in [2.24, 2.45) is 23.3 Å². The van der Waals surface area contributed by atoms with Gasteiger partial charge in [-0.25, -0.2) is 10.1 Å². The maximum Gasteiger partial charge on any atom is 0.394 e. The lowest BCUT2D eigenvalue weighted by atomic mass is 10.0. The van der Waals surface area contributed by atoms with E-state index in [2.05, 4.69) is 27.7 Å². The number of nitrogens with two attached hydrogens (primary N) is 2. The monoisotopic (exact) mass is 842 g/mol. The Bertz CT molecular complexity index is 1150. The average molecular weight is 843 g/mol. The Hall–Kier alpha value is -2.75. The van der Waals surface area contributed by atoms with Gasteiger partial charge in [-0.05, 0) is 50.4 Å². The molecule has 0 fully saturated rings. The number of nitrogens with zero attached hydrogens (tertiary/aromatic N) is 2. The van der Waals surface area contributed by atoms with Crippen molar-refractivity contribution >= 4 is 45.3 Å². The normalized spacial score (nSPS) is 12.2. The van der Waals surface area contributed by atoms with E-state index in [1.165, 1.54) is 0 Å². The van der Waals surface area contributed by atoms with Crippen LogP contribution >= 0.6 is 0 Å². The zero-order valence-electron chi connectivity index (χ0n) is 34.7. The van der Waals surface area contributed by atoms with Gasteiger partial charge in [-0.1, -0.05) is 66.2 Å². The van der Waals surface area contributed by atoms with E-state index in [0.717, 1.165) is 77.0 Å². The third kappa shape index (κ3) is 42.7. The molecule has 10 N–H and O–H groups in total. The molecule has 0 aromatic carbocycles. The second-order valence-corrected chi connectivity index (χ2v) is 15.9. The van der Waals surface area contributed by atoms with Crippen LogP contribution in [0.5, 0.6) is 0 Å². The standard InChI is InChI=1S/2C19H36N2O5.H2O4S/c2*1-15(2)8-7-11-16(23)9-5-3-4-6-10-17(24)12-13-21(26)19(25)18(20)14-22;1-5(2,3)4/h2*15,18,22,26H,3-14,20H2,1-2H3;(H2,1,2,3,4)/t2*18-;/m00./s1. The number of aliphatic hydroxyl groups is 2. The summed E-state index contributed by atoms with van der Waals surface area (Å²) in [6, 6.07) is -2.33. The van der Waals surface area contributed by atoms with Crippen LogP contribution < -0.4 is 11.5 Å². The number of hydroxylamine groups is 4. The highest BCUT2D eigenvalue weighted by molar-refractivity contribution is 7.79. The molecule has 57 heavy (non-hydrogen) atoms. The van der Waals surface area contributed by atoms with Gasteiger partial charge < -0.3 is 21.7 Å². The van der Waals surface area contributed by atoms with Crippen LogP contribution in [-0.4, -0.2) is 122 Å². The highest BCUT2D eigenvalue weighted by Gasteiger charge is 2.20. The molecule has 0 rings (SSSR count). The summed E-state index contributed by atoms with van der Waals surface area (Å²) < 4.78 is 31.6. The quantitative estimate of drug-likeness (QED) is 0.0207. The first-order valence-electron chi connectivity index (χ1n) is 20.1. The fraction of sp³-hybridized carbons (Fsp3) is 0.842. The second-order valence-electron chi connectivity index (χ2n) is 15.0. The summed E-state index contributed by atoms with van der Waals surface area (Å²) in [4.78, 5) is 69.7. The molecule has 0 aromatic rings. The molecule has 0 spiro atoms. The maximum atomic E-state index is 11.7. The molecule has 18 nitrogen and oxygen atoms in total. The third-order valence-corrected chi connectivity index (χ3v) is 8.54. The zero-order chi connectivity index (χ0) is 44.4. The van der Waals surface area contributed by atoms with Gasteiger partial charge in [-0.3, -0.25) is 48.3 Å². The summed E-state index contributed by atoms with van der Waals surface area (Å²) in [6.07, 6.45) is 14.5. The van der Waals surface area contributed by atoms with Crippen LogP contribution in [0.3, 0.4) is 0 Å². The number of amides is 2. The first-order valence-corrected chi connectivity index (χ1v) is 21.4. The first-order chi connectivity index (χ1) is 26.5. The lowest BCUT2D eigenvalue weighted by Gasteiger charge is -2.17. The average Bonchev–Trinajstić information content (AvgIpc) is 3.13. The van der Waals surface area contributed by atoms with Crippen LogP contribution in [-0.2, 0) is 39.2 Å². The number of rotatable bonds is 32. The summed E-state index contributed by atoms with van der Waals surface area (Å²) in [5.74, 6) is 0.298. The molecule has 0 saturated heterocycles. The van der Waals surface area contributed by atoms with Crippen molar-refractivity contribution in [2.45, 2.75) is 168 Å². The van der Waals surface area contributed by atoms with E-state index in [4.69, 9.17) is 39.2 Å². The minimum absolute atomic E-state index is 0.0285. The lowest BCUT2D eigenvalue weighted by Crippen LogP contribution is -2.44. The van der Waals surface area contributed by atoms with Crippen LogP contribution in [0.15, 0.2) is 0 Å². The molecule has 0 aliphatic heterocycles. The smallest absolute Gasteiger partial charge is 0.394 e. The van der Waals surface area contributed by atoms with E-state index < -0.39 is 47.5 Å². The summed E-state index contributed by atoms with van der Waals surface area (Å²) in [6.45, 7) is 7.30. The topological polar surface area (TPSA) is 316 Å². The molecule has 19 heteroatoms. The Kier molecular flexibility index (Phi) is 37.3. The Morgan fingerprint density at radius 3 is 0.930 bits per heavy atom. The van der Waals surface area contributed by atoms with Gasteiger partial charge in [0.15, 0.2) is 0 Å². The van der Waals surface area contributed by atoms with Crippen LogP contribution in [0.25, 0.3) is 0 Å². The van der Waals surface area contributed by atoms with Crippen LogP contribution in [0.4, 0.5) is 0 Å². The van der Waals surface area contributed by atoms with Crippen molar-refractivity contribution in [3.8, 4) is 0 Å². The first kappa shape index (κ1) is 58.6. The van der Waals surface area contributed by atoms with Gasteiger partial charge >= 0.3 is 10.4 Å². The number of aliphatic hydroxyl groups excluding tert-OH is 2. The lowest BCUT2D eigenvalue weighted by molar-refractivity contribution is -0.168. The minimum atomic E-state index is -4.67. The maximum absolute atomic E-state index is 11.7. The third-order valence-electron chi connectivity index (χ3n) is 8.54. The molecule has 2 amide bonds. The van der Waals surface area contributed by atoms with Gasteiger partial charge in [0.05, 0.1) is 26.3 Å². The summed E-state index contributed by atoms with van der Waals surface area (Å²) in [5.41, 5.74) is 10.6. The fourth-order valence-electron chi connectivity index (χ4n) is 5.13. The summed E-state index contributed by atoms with van der Waals surface area (Å²) in [5, 5.41) is 37.2. The molecular weight excluding hydrogens is 768 g/mol. The molecule has 0 bridgehead atoms. The number of ketones is 4. The van der Waals surface area contributed by atoms with Crippen molar-refractivity contribution in [1.82, 2.24) is 10.1 Å². The fourth-order valence-corrected chi connectivity index (χ4v) is 5.13. The molecule has 0 saturated carbocycles. The Morgan fingerprint density at radius 2 is 0.702 bits per heavy atom. The minimum Gasteiger partial charge on any atom is -0.394 e. The molecule has 336 valence electrons. The van der Waals surface area contributed by atoms with Gasteiger partial charge in [-0.15, -0.1) is 0 Å². The van der Waals surface area contributed by atoms with Crippen molar-refractivity contribution in [2.75, 3.05) is 26.3 Å². The van der Waals surface area contributed by atoms with Gasteiger partial charge in [0, 0.05) is 51.4 Å². The molecule has 0 radical (unpaired) electrons. The van der Waals surface area contributed by atoms with Crippen LogP contribution in [0, 0.1) is 11.8 Å². The summed E-state index contributed by atoms with van der Waals surface area (Å²) in [7, 11) is -4.67. The molecular formula is C38H74N4O14S. The van der Waals surface area contributed by atoms with E-state index in [-0.39, 0.29) is 37.5 Å². The molecule has 0 aromatic heterocycles. The number of hydrogen-bond donors (Lipinski definition) is 8. The van der Waals surface area contributed by atoms with E-state index in [9.17, 15) is 39.2 Å². The Morgan fingerprint density at radius 1 is 0.474 bits per heavy atom. The van der Waals surface area contributed by atoms with E-state index in [1.54, 1.807) is 0 Å². The van der Waals surface area contributed by atoms with Gasteiger partial charge in [-0.2, -0.15) is 8.42 Å². The van der Waals surface area contributed by atoms with Crippen molar-refractivity contribution in [1.29, 1.82) is 0 Å². The van der Waals surface area contributed by atoms with Crippen molar-refractivity contribution in [3.63, 3.8) is 0 Å². The Labute approximate surface area is 339 Å². The Balaban J connectivity index is -0.000000913. The number of hydrogen-bond acceptors (Lipinski definition) is 14. The molecule has 2 atom stereocenters. The van der Waals surface area contributed by atoms with E-state index in [0.29, 0.717) is 72.1 Å². The van der Waals surface area contributed by atoms with Crippen molar-refractivity contribution < 1.29 is 66.9 Å². The molecule has 0 unspecified atom stereocenters. The van der Waals surface area contributed by atoms with E-state index in [1.807, 2.05) is 0 Å². The predicted octanol–water partition coefficient (Wildman–Crippen LogP) is 3.79. The van der Waals surface area contributed by atoms with Crippen LogP contribution in [0.2, 0.25) is 0 Å². The summed E-state index contributed by atoms with van der Waals surface area (Å²) >= 11 is 0. The molecule has 0 aliphatic carbocycles. The largest absolute Gasteiger partial charge is 0.394 e. The number of carbonyl (C=O) groups is 6. The van der Waals surface area contributed by atoms with Gasteiger partial charge in [0.25, 0.3) is 11.8 Å². The molecule has 0 aliphatic rings. The number of unbranched alkanes of at least 4 members (excludes halogenated alkanes) is 6. The number of Topliss-reactive ketones (excluding diaryl/α,β-unsaturated/α-hetero) is 4. The van der Waals surface area contributed by atoms with E-state index >= 15 is 0 Å². The van der Waals surface area contributed by atoms with Gasteiger partial charge in [0.2, 0.25) is 0 Å². The van der Waals surface area contributed by atoms with Crippen molar-refractivity contribution in [3.05, 3.63) is 0 Å². The highest BCUT2D eigenvalue weighted by atomic mass is 32.3. The molecule has 0 heterocycles. The highest BCUT2D eigenvalue weighted by Crippen LogP contribution is 2.13.